The van der Waals surface area contributed by atoms with E-state index in [9.17, 15) is 4.79 Å². The van der Waals surface area contributed by atoms with Crippen LogP contribution < -0.4 is 16.6 Å². The zero-order valence-corrected chi connectivity index (χ0v) is 11.6. The van der Waals surface area contributed by atoms with Crippen molar-refractivity contribution in [2.45, 2.75) is 25.9 Å². The van der Waals surface area contributed by atoms with Crippen LogP contribution in [0, 0.1) is 0 Å². The number of carbonyl (C=O) groups excluding carboxylic acids is 1. The van der Waals surface area contributed by atoms with Gasteiger partial charge in [0.1, 0.15) is 5.82 Å². The maximum Gasteiger partial charge on any atom is 0.237 e. The zero-order chi connectivity index (χ0) is 13.8. The Labute approximate surface area is 117 Å². The number of hydrogen-bond donors (Lipinski definition) is 3. The number of nitrogen functional groups attached to an aromatic ring is 1. The number of anilines is 1. The SMILES string of the molecule is CCC1C(=O)NCCN1Cc1nc(NN)ccc1Cl. The third-order valence-corrected chi connectivity index (χ3v) is 3.59. The Morgan fingerprint density at radius 3 is 3.11 bits per heavy atom. The van der Waals surface area contributed by atoms with Crippen molar-refractivity contribution in [3.05, 3.63) is 22.8 Å². The first kappa shape index (κ1) is 14.0. The molecular weight excluding hydrogens is 266 g/mol. The van der Waals surface area contributed by atoms with E-state index in [2.05, 4.69) is 20.6 Å². The maximum absolute atomic E-state index is 11.8. The molecule has 1 atom stereocenters. The molecule has 1 saturated heterocycles. The minimum absolute atomic E-state index is 0.0676. The molecule has 6 nitrogen and oxygen atoms in total. The monoisotopic (exact) mass is 283 g/mol. The highest BCUT2D eigenvalue weighted by molar-refractivity contribution is 6.31. The highest BCUT2D eigenvalue weighted by Gasteiger charge is 2.28. The molecule has 1 aliphatic heterocycles. The van der Waals surface area contributed by atoms with Crippen LogP contribution in [0.1, 0.15) is 19.0 Å². The lowest BCUT2D eigenvalue weighted by Crippen LogP contribution is -2.54. The Hall–Kier alpha value is -1.37. The summed E-state index contributed by atoms with van der Waals surface area (Å²) in [5.41, 5.74) is 3.23. The van der Waals surface area contributed by atoms with Gasteiger partial charge in [-0.15, -0.1) is 0 Å². The van der Waals surface area contributed by atoms with Crippen LogP contribution in [-0.4, -0.2) is 34.9 Å². The van der Waals surface area contributed by atoms with Gasteiger partial charge in [0, 0.05) is 19.6 Å². The molecule has 0 aromatic carbocycles. The molecule has 104 valence electrons. The van der Waals surface area contributed by atoms with E-state index in [1.54, 1.807) is 12.1 Å². The van der Waals surface area contributed by atoms with E-state index in [0.717, 1.165) is 18.7 Å². The second-order valence-corrected chi connectivity index (χ2v) is 4.86. The predicted octanol–water partition coefficient (Wildman–Crippen LogP) is 0.731. The molecule has 7 heteroatoms. The molecular formula is C12H18ClN5O. The number of carbonyl (C=O) groups is 1. The van der Waals surface area contributed by atoms with E-state index in [-0.39, 0.29) is 11.9 Å². The fourth-order valence-electron chi connectivity index (χ4n) is 2.26. The van der Waals surface area contributed by atoms with Crippen LogP contribution in [0.3, 0.4) is 0 Å². The van der Waals surface area contributed by atoms with E-state index in [1.165, 1.54) is 0 Å². The molecule has 1 unspecified atom stereocenters. The molecule has 1 fully saturated rings. The van der Waals surface area contributed by atoms with Crippen LogP contribution in [0.2, 0.25) is 5.02 Å². The normalized spacial score (nSPS) is 20.2. The average Bonchev–Trinajstić information content (AvgIpc) is 2.41. The van der Waals surface area contributed by atoms with Gasteiger partial charge in [-0.3, -0.25) is 9.69 Å². The maximum atomic E-state index is 11.8. The lowest BCUT2D eigenvalue weighted by Gasteiger charge is -2.34. The van der Waals surface area contributed by atoms with Gasteiger partial charge in [-0.2, -0.15) is 0 Å². The van der Waals surface area contributed by atoms with E-state index in [4.69, 9.17) is 17.4 Å². The standard InChI is InChI=1S/C12H18ClN5O/c1-2-10-12(19)15-5-6-18(10)7-9-8(13)3-4-11(16-9)17-14/h3-4,10H,2,5-7,14H2,1H3,(H,15,19)(H,16,17). The van der Waals surface area contributed by atoms with Crippen LogP contribution >= 0.6 is 11.6 Å². The van der Waals surface area contributed by atoms with Crippen LogP contribution in [0.5, 0.6) is 0 Å². The van der Waals surface area contributed by atoms with Gasteiger partial charge in [-0.1, -0.05) is 18.5 Å². The average molecular weight is 284 g/mol. The molecule has 1 amide bonds. The van der Waals surface area contributed by atoms with Crippen molar-refractivity contribution in [1.82, 2.24) is 15.2 Å². The summed E-state index contributed by atoms with van der Waals surface area (Å²) in [5, 5.41) is 3.45. The Balaban J connectivity index is 2.17. The van der Waals surface area contributed by atoms with Crippen LogP contribution in [-0.2, 0) is 11.3 Å². The fraction of sp³-hybridized carbons (Fsp3) is 0.500. The molecule has 1 aromatic rings. The topological polar surface area (TPSA) is 83.3 Å². The number of nitrogens with zero attached hydrogens (tertiary/aromatic N) is 2. The fourth-order valence-corrected chi connectivity index (χ4v) is 2.43. The number of nitrogens with two attached hydrogens (primary N) is 1. The molecule has 0 radical (unpaired) electrons. The number of pyridine rings is 1. The molecule has 0 spiro atoms. The Morgan fingerprint density at radius 1 is 1.63 bits per heavy atom. The van der Waals surface area contributed by atoms with Gasteiger partial charge in [-0.05, 0) is 18.6 Å². The predicted molar refractivity (Wildman–Crippen MR) is 74.6 cm³/mol. The first-order valence-electron chi connectivity index (χ1n) is 6.29. The molecule has 2 heterocycles. The van der Waals surface area contributed by atoms with Gasteiger partial charge < -0.3 is 10.7 Å². The summed E-state index contributed by atoms with van der Waals surface area (Å²) >= 11 is 6.14. The van der Waals surface area contributed by atoms with Gasteiger partial charge in [-0.25, -0.2) is 10.8 Å². The van der Waals surface area contributed by atoms with Crippen molar-refractivity contribution in [3.63, 3.8) is 0 Å². The lowest BCUT2D eigenvalue weighted by molar-refractivity contribution is -0.129. The number of rotatable bonds is 4. The van der Waals surface area contributed by atoms with Crippen molar-refractivity contribution in [2.24, 2.45) is 5.84 Å². The summed E-state index contributed by atoms with van der Waals surface area (Å²) in [7, 11) is 0. The number of hydrazine groups is 1. The highest BCUT2D eigenvalue weighted by atomic mass is 35.5. The van der Waals surface area contributed by atoms with Crippen molar-refractivity contribution < 1.29 is 4.79 Å². The second kappa shape index (κ2) is 6.18. The number of hydrogen-bond acceptors (Lipinski definition) is 5. The number of nitrogens with one attached hydrogen (secondary N) is 2. The van der Waals surface area contributed by atoms with Gasteiger partial charge in [0.25, 0.3) is 0 Å². The summed E-state index contributed by atoms with van der Waals surface area (Å²) in [6, 6.07) is 3.34. The molecule has 19 heavy (non-hydrogen) atoms. The number of halogens is 1. The smallest absolute Gasteiger partial charge is 0.237 e. The van der Waals surface area contributed by atoms with Crippen LogP contribution in [0.4, 0.5) is 5.82 Å². The third kappa shape index (κ3) is 3.15. The highest BCUT2D eigenvalue weighted by Crippen LogP contribution is 2.20. The molecule has 0 saturated carbocycles. The van der Waals surface area contributed by atoms with Crippen molar-refractivity contribution in [2.75, 3.05) is 18.5 Å². The summed E-state index contributed by atoms with van der Waals surface area (Å²) in [6.45, 7) is 3.99. The van der Waals surface area contributed by atoms with Crippen molar-refractivity contribution >= 4 is 23.3 Å². The summed E-state index contributed by atoms with van der Waals surface area (Å²) in [6.07, 6.45) is 0.762. The van der Waals surface area contributed by atoms with E-state index >= 15 is 0 Å². The minimum Gasteiger partial charge on any atom is -0.353 e. The number of aromatic nitrogens is 1. The summed E-state index contributed by atoms with van der Waals surface area (Å²) in [5.74, 6) is 5.98. The van der Waals surface area contributed by atoms with E-state index in [1.807, 2.05) is 6.92 Å². The van der Waals surface area contributed by atoms with Crippen LogP contribution in [0.25, 0.3) is 0 Å². The number of amides is 1. The van der Waals surface area contributed by atoms with Crippen molar-refractivity contribution in [1.29, 1.82) is 0 Å². The van der Waals surface area contributed by atoms with Gasteiger partial charge >= 0.3 is 0 Å². The summed E-state index contributed by atoms with van der Waals surface area (Å²) in [4.78, 5) is 18.2. The van der Waals surface area contributed by atoms with Gasteiger partial charge in [0.2, 0.25) is 5.91 Å². The zero-order valence-electron chi connectivity index (χ0n) is 10.8. The van der Waals surface area contributed by atoms with Crippen LogP contribution in [0.15, 0.2) is 12.1 Å². The first-order valence-corrected chi connectivity index (χ1v) is 6.67. The molecule has 4 N–H and O–H groups in total. The Bertz CT molecular complexity index is 467. The molecule has 0 bridgehead atoms. The number of piperazine rings is 1. The lowest BCUT2D eigenvalue weighted by atomic mass is 10.1. The Morgan fingerprint density at radius 2 is 2.42 bits per heavy atom. The largest absolute Gasteiger partial charge is 0.353 e. The third-order valence-electron chi connectivity index (χ3n) is 3.25. The molecule has 2 rings (SSSR count). The first-order chi connectivity index (χ1) is 9.15. The van der Waals surface area contributed by atoms with Gasteiger partial charge in [0.15, 0.2) is 0 Å². The minimum atomic E-state index is -0.124. The second-order valence-electron chi connectivity index (χ2n) is 4.45. The molecule has 1 aliphatic rings. The summed E-state index contributed by atoms with van der Waals surface area (Å²) < 4.78 is 0. The van der Waals surface area contributed by atoms with E-state index < -0.39 is 0 Å². The van der Waals surface area contributed by atoms with E-state index in [0.29, 0.717) is 23.9 Å². The Kier molecular flexibility index (Phi) is 4.57. The quantitative estimate of drug-likeness (QED) is 0.560. The molecule has 0 aliphatic carbocycles. The molecule has 1 aromatic heterocycles. The van der Waals surface area contributed by atoms with Gasteiger partial charge in [0.05, 0.1) is 16.8 Å². The van der Waals surface area contributed by atoms with Crippen molar-refractivity contribution in [3.8, 4) is 0 Å².